The largest absolute Gasteiger partial charge is 0.493 e. The van der Waals surface area contributed by atoms with Crippen LogP contribution in [-0.4, -0.2) is 20.5 Å². The molecule has 0 amide bonds. The molecule has 0 saturated heterocycles. The van der Waals surface area contributed by atoms with Gasteiger partial charge in [0.15, 0.2) is 17.8 Å². The second-order valence-electron chi connectivity index (χ2n) is 3.75. The number of hydrogen-bond acceptors (Lipinski definition) is 3. The SMILES string of the molecule is COc1ccc(-c2ccccc2)c(C=O)c1OC. The second-order valence-corrected chi connectivity index (χ2v) is 3.75. The van der Waals surface area contributed by atoms with E-state index in [4.69, 9.17) is 9.47 Å². The summed E-state index contributed by atoms with van der Waals surface area (Å²) in [5.41, 5.74) is 2.31. The van der Waals surface area contributed by atoms with Crippen LogP contribution in [0.1, 0.15) is 10.4 Å². The number of carbonyl (C=O) groups is 1. The monoisotopic (exact) mass is 242 g/mol. The van der Waals surface area contributed by atoms with E-state index in [0.29, 0.717) is 17.1 Å². The van der Waals surface area contributed by atoms with Gasteiger partial charge in [0.1, 0.15) is 0 Å². The van der Waals surface area contributed by atoms with E-state index in [1.807, 2.05) is 36.4 Å². The zero-order valence-electron chi connectivity index (χ0n) is 10.3. The predicted octanol–water partition coefficient (Wildman–Crippen LogP) is 3.18. The Kier molecular flexibility index (Phi) is 3.63. The molecule has 2 aromatic carbocycles. The zero-order valence-corrected chi connectivity index (χ0v) is 10.3. The van der Waals surface area contributed by atoms with Crippen LogP contribution in [0.4, 0.5) is 0 Å². The zero-order chi connectivity index (χ0) is 13.0. The Balaban J connectivity index is 2.66. The Morgan fingerprint density at radius 1 is 0.944 bits per heavy atom. The van der Waals surface area contributed by atoms with Crippen LogP contribution in [0.15, 0.2) is 42.5 Å². The third-order valence-corrected chi connectivity index (χ3v) is 2.79. The maximum absolute atomic E-state index is 11.3. The fourth-order valence-corrected chi connectivity index (χ4v) is 1.94. The topological polar surface area (TPSA) is 35.5 Å². The van der Waals surface area contributed by atoms with Crippen molar-refractivity contribution in [1.82, 2.24) is 0 Å². The number of rotatable bonds is 4. The summed E-state index contributed by atoms with van der Waals surface area (Å²) >= 11 is 0. The van der Waals surface area contributed by atoms with Gasteiger partial charge in [0, 0.05) is 0 Å². The van der Waals surface area contributed by atoms with Crippen LogP contribution < -0.4 is 9.47 Å². The van der Waals surface area contributed by atoms with Crippen LogP contribution in [0, 0.1) is 0 Å². The summed E-state index contributed by atoms with van der Waals surface area (Å²) < 4.78 is 10.4. The van der Waals surface area contributed by atoms with Crippen LogP contribution >= 0.6 is 0 Å². The van der Waals surface area contributed by atoms with Gasteiger partial charge >= 0.3 is 0 Å². The highest BCUT2D eigenvalue weighted by Gasteiger charge is 2.15. The lowest BCUT2D eigenvalue weighted by atomic mass is 9.99. The van der Waals surface area contributed by atoms with Gasteiger partial charge in [-0.05, 0) is 23.3 Å². The maximum Gasteiger partial charge on any atom is 0.171 e. The van der Waals surface area contributed by atoms with E-state index in [2.05, 4.69) is 0 Å². The van der Waals surface area contributed by atoms with Crippen LogP contribution in [-0.2, 0) is 0 Å². The molecule has 0 aromatic heterocycles. The molecule has 0 radical (unpaired) electrons. The van der Waals surface area contributed by atoms with Crippen LogP contribution in [0.5, 0.6) is 11.5 Å². The van der Waals surface area contributed by atoms with E-state index in [9.17, 15) is 4.79 Å². The Morgan fingerprint density at radius 2 is 1.67 bits per heavy atom. The molecule has 18 heavy (non-hydrogen) atoms. The molecule has 3 nitrogen and oxygen atoms in total. The van der Waals surface area contributed by atoms with Crippen molar-refractivity contribution in [1.29, 1.82) is 0 Å². The molecular formula is C15H14O3. The van der Waals surface area contributed by atoms with E-state index in [-0.39, 0.29) is 0 Å². The molecule has 0 fully saturated rings. The second kappa shape index (κ2) is 5.36. The average molecular weight is 242 g/mol. The van der Waals surface area contributed by atoms with Crippen molar-refractivity contribution in [3.8, 4) is 22.6 Å². The van der Waals surface area contributed by atoms with Crippen molar-refractivity contribution >= 4 is 6.29 Å². The minimum absolute atomic E-state index is 0.467. The normalized spacial score (nSPS) is 9.89. The first-order valence-corrected chi connectivity index (χ1v) is 5.57. The lowest BCUT2D eigenvalue weighted by Gasteiger charge is -2.13. The molecule has 3 heteroatoms. The fourth-order valence-electron chi connectivity index (χ4n) is 1.94. The lowest BCUT2D eigenvalue weighted by Crippen LogP contribution is -1.97. The summed E-state index contributed by atoms with van der Waals surface area (Å²) in [4.78, 5) is 11.3. The molecular weight excluding hydrogens is 228 g/mol. The van der Waals surface area contributed by atoms with Gasteiger partial charge in [0.25, 0.3) is 0 Å². The van der Waals surface area contributed by atoms with E-state index < -0.39 is 0 Å². The van der Waals surface area contributed by atoms with E-state index in [1.165, 1.54) is 7.11 Å². The number of methoxy groups -OCH3 is 2. The third-order valence-electron chi connectivity index (χ3n) is 2.79. The number of hydrogen-bond donors (Lipinski definition) is 0. The Hall–Kier alpha value is -2.29. The van der Waals surface area contributed by atoms with Gasteiger partial charge in [-0.3, -0.25) is 4.79 Å². The lowest BCUT2D eigenvalue weighted by molar-refractivity contribution is 0.112. The van der Waals surface area contributed by atoms with E-state index >= 15 is 0 Å². The number of ether oxygens (including phenoxy) is 2. The number of benzene rings is 2. The van der Waals surface area contributed by atoms with Crippen molar-refractivity contribution in [2.24, 2.45) is 0 Å². The highest BCUT2D eigenvalue weighted by Crippen LogP contribution is 2.36. The molecule has 92 valence electrons. The number of aldehydes is 1. The Labute approximate surface area is 106 Å². The first kappa shape index (κ1) is 12.2. The van der Waals surface area contributed by atoms with Crippen molar-refractivity contribution in [2.75, 3.05) is 14.2 Å². The van der Waals surface area contributed by atoms with Crippen molar-refractivity contribution < 1.29 is 14.3 Å². The third kappa shape index (κ3) is 2.07. The maximum atomic E-state index is 11.3. The van der Waals surface area contributed by atoms with Gasteiger partial charge in [0.2, 0.25) is 0 Å². The predicted molar refractivity (Wildman–Crippen MR) is 70.4 cm³/mol. The van der Waals surface area contributed by atoms with E-state index in [1.54, 1.807) is 13.2 Å². The van der Waals surface area contributed by atoms with Crippen LogP contribution in [0.2, 0.25) is 0 Å². The molecule has 0 bridgehead atoms. The van der Waals surface area contributed by atoms with Gasteiger partial charge in [-0.15, -0.1) is 0 Å². The molecule has 2 rings (SSSR count). The van der Waals surface area contributed by atoms with Gasteiger partial charge in [0.05, 0.1) is 19.8 Å². The van der Waals surface area contributed by atoms with Crippen molar-refractivity contribution in [2.45, 2.75) is 0 Å². The van der Waals surface area contributed by atoms with Crippen molar-refractivity contribution in [3.63, 3.8) is 0 Å². The van der Waals surface area contributed by atoms with Crippen LogP contribution in [0.3, 0.4) is 0 Å². The summed E-state index contributed by atoms with van der Waals surface area (Å²) in [6, 6.07) is 13.4. The first-order chi connectivity index (χ1) is 8.81. The summed E-state index contributed by atoms with van der Waals surface area (Å²) in [6.07, 6.45) is 0.795. The summed E-state index contributed by atoms with van der Waals surface area (Å²) in [5.74, 6) is 1.02. The highest BCUT2D eigenvalue weighted by atomic mass is 16.5. The quantitative estimate of drug-likeness (QED) is 0.772. The standard InChI is InChI=1S/C15H14O3/c1-17-14-9-8-12(11-6-4-3-5-7-11)13(10-16)15(14)18-2/h3-10H,1-2H3. The fraction of sp³-hybridized carbons (Fsp3) is 0.133. The minimum Gasteiger partial charge on any atom is -0.493 e. The highest BCUT2D eigenvalue weighted by molar-refractivity contribution is 5.92. The molecule has 0 spiro atoms. The smallest absolute Gasteiger partial charge is 0.171 e. The molecule has 0 aliphatic rings. The molecule has 2 aromatic rings. The summed E-state index contributed by atoms with van der Waals surface area (Å²) in [6.45, 7) is 0. The number of carbonyl (C=O) groups excluding carboxylic acids is 1. The first-order valence-electron chi connectivity index (χ1n) is 5.57. The Bertz CT molecular complexity index is 547. The van der Waals surface area contributed by atoms with Gasteiger partial charge in [-0.2, -0.15) is 0 Å². The molecule has 0 N–H and O–H groups in total. The minimum atomic E-state index is 0.467. The van der Waals surface area contributed by atoms with Crippen molar-refractivity contribution in [3.05, 3.63) is 48.0 Å². The average Bonchev–Trinajstić information content (AvgIpc) is 2.46. The molecule has 0 unspecified atom stereocenters. The molecule has 0 saturated carbocycles. The molecule has 0 atom stereocenters. The van der Waals surface area contributed by atoms with Gasteiger partial charge < -0.3 is 9.47 Å². The van der Waals surface area contributed by atoms with Crippen LogP contribution in [0.25, 0.3) is 11.1 Å². The Morgan fingerprint density at radius 3 is 2.22 bits per heavy atom. The summed E-state index contributed by atoms with van der Waals surface area (Å²) in [5, 5.41) is 0. The van der Waals surface area contributed by atoms with Gasteiger partial charge in [-0.1, -0.05) is 30.3 Å². The van der Waals surface area contributed by atoms with Gasteiger partial charge in [-0.25, -0.2) is 0 Å². The van der Waals surface area contributed by atoms with E-state index in [0.717, 1.165) is 17.4 Å². The molecule has 0 aliphatic heterocycles. The molecule has 0 heterocycles. The molecule has 0 aliphatic carbocycles. The summed E-state index contributed by atoms with van der Waals surface area (Å²) in [7, 11) is 3.08.